The van der Waals surface area contributed by atoms with E-state index in [-0.39, 0.29) is 0 Å². The fourth-order valence-corrected chi connectivity index (χ4v) is 5.29. The lowest BCUT2D eigenvalue weighted by atomic mass is 9.95. The van der Waals surface area contributed by atoms with Crippen LogP contribution in [-0.4, -0.2) is 23.9 Å². The molecule has 0 aromatic carbocycles. The number of methoxy groups -OCH3 is 1. The molecule has 0 amide bonds. The predicted molar refractivity (Wildman–Crippen MR) is 72.9 cm³/mol. The topological polar surface area (TPSA) is 39.1 Å². The Bertz CT molecular complexity index is 482. The van der Waals surface area contributed by atoms with E-state index in [4.69, 9.17) is 4.74 Å². The Morgan fingerprint density at radius 3 is 2.63 bits per heavy atom. The molecule has 0 aliphatic heterocycles. The molecule has 4 heteroatoms. The van der Waals surface area contributed by atoms with Gasteiger partial charge in [0.2, 0.25) is 0 Å². The molecule has 3 aliphatic rings. The van der Waals surface area contributed by atoms with Crippen LogP contribution in [0.4, 0.5) is 0 Å². The zero-order valence-electron chi connectivity index (χ0n) is 12.0. The summed E-state index contributed by atoms with van der Waals surface area (Å²) in [5, 5.41) is 7.90. The molecule has 1 aromatic heterocycles. The van der Waals surface area contributed by atoms with Crippen LogP contribution >= 0.6 is 0 Å². The third-order valence-electron chi connectivity index (χ3n) is 5.95. The lowest BCUT2D eigenvalue weighted by molar-refractivity contribution is 0.351. The Hall–Kier alpha value is -1.03. The van der Waals surface area contributed by atoms with Gasteiger partial charge in [-0.25, -0.2) is 0 Å². The number of nitrogens with one attached hydrogen (secondary N) is 1. The summed E-state index contributed by atoms with van der Waals surface area (Å²) in [6, 6.07) is 0.404. The van der Waals surface area contributed by atoms with Crippen LogP contribution in [0.1, 0.15) is 31.0 Å². The summed E-state index contributed by atoms with van der Waals surface area (Å²) < 4.78 is 7.48. The summed E-state index contributed by atoms with van der Waals surface area (Å²) in [6.45, 7) is 0. The lowest BCUT2D eigenvalue weighted by Crippen LogP contribution is -2.24. The zero-order valence-corrected chi connectivity index (χ0v) is 12.0. The van der Waals surface area contributed by atoms with Crippen LogP contribution < -0.4 is 10.1 Å². The number of nitrogens with zero attached hydrogens (tertiary/aromatic N) is 2. The summed E-state index contributed by atoms with van der Waals surface area (Å²) in [4.78, 5) is 0. The molecule has 2 bridgehead atoms. The Morgan fingerprint density at radius 2 is 2.05 bits per heavy atom. The summed E-state index contributed by atoms with van der Waals surface area (Å²) in [6.07, 6.45) is 6.29. The number of rotatable bonds is 4. The van der Waals surface area contributed by atoms with Gasteiger partial charge >= 0.3 is 0 Å². The number of hydrogen-bond donors (Lipinski definition) is 1. The third kappa shape index (κ3) is 1.46. The van der Waals surface area contributed by atoms with Gasteiger partial charge in [-0.2, -0.15) is 5.10 Å². The fourth-order valence-electron chi connectivity index (χ4n) is 5.29. The maximum Gasteiger partial charge on any atom is 0.161 e. The van der Waals surface area contributed by atoms with Crippen LogP contribution in [0.2, 0.25) is 0 Å². The van der Waals surface area contributed by atoms with Crippen LogP contribution in [-0.2, 0) is 7.05 Å². The molecule has 3 aliphatic carbocycles. The van der Waals surface area contributed by atoms with E-state index in [1.54, 1.807) is 7.11 Å². The Kier molecular flexibility index (Phi) is 2.47. The van der Waals surface area contributed by atoms with Crippen molar-refractivity contribution < 1.29 is 4.74 Å². The van der Waals surface area contributed by atoms with Crippen molar-refractivity contribution in [3.05, 3.63) is 11.9 Å². The number of ether oxygens (including phenoxy) is 1. The first-order valence-corrected chi connectivity index (χ1v) is 7.49. The van der Waals surface area contributed by atoms with E-state index in [1.807, 2.05) is 17.9 Å². The minimum absolute atomic E-state index is 0.404. The highest BCUT2D eigenvalue weighted by Crippen LogP contribution is 2.72. The smallest absolute Gasteiger partial charge is 0.161 e. The van der Waals surface area contributed by atoms with Gasteiger partial charge in [0.1, 0.15) is 0 Å². The highest BCUT2D eigenvalue weighted by molar-refractivity contribution is 5.32. The average molecular weight is 261 g/mol. The van der Waals surface area contributed by atoms with Gasteiger partial charge in [0.15, 0.2) is 5.75 Å². The predicted octanol–water partition coefficient (Wildman–Crippen LogP) is 1.98. The summed E-state index contributed by atoms with van der Waals surface area (Å²) in [7, 11) is 5.84. The van der Waals surface area contributed by atoms with Crippen molar-refractivity contribution in [2.45, 2.75) is 25.3 Å². The van der Waals surface area contributed by atoms with Crippen LogP contribution in [0.25, 0.3) is 0 Å². The SMILES string of the molecule is CNC(c1c(OC)cnn1C)C1C2C3CCC(C3)C21. The van der Waals surface area contributed by atoms with Crippen molar-refractivity contribution in [1.82, 2.24) is 15.1 Å². The highest BCUT2D eigenvalue weighted by atomic mass is 16.5. The van der Waals surface area contributed by atoms with Gasteiger partial charge in [-0.1, -0.05) is 0 Å². The molecule has 0 spiro atoms. The largest absolute Gasteiger partial charge is 0.493 e. The van der Waals surface area contributed by atoms with Crippen molar-refractivity contribution in [1.29, 1.82) is 0 Å². The standard InChI is InChI=1S/C15H23N3O/c1-16-14(15-10(19-3)7-17-18(15)2)13-11-8-4-5-9(6-8)12(11)13/h7-9,11-14,16H,4-6H2,1-3H3. The first kappa shape index (κ1) is 11.8. The quantitative estimate of drug-likeness (QED) is 0.901. The van der Waals surface area contributed by atoms with Crippen LogP contribution in [0.3, 0.4) is 0 Å². The Labute approximate surface area is 114 Å². The molecule has 0 saturated heterocycles. The normalized spacial score (nSPS) is 40.3. The molecule has 19 heavy (non-hydrogen) atoms. The van der Waals surface area contributed by atoms with E-state index >= 15 is 0 Å². The second kappa shape index (κ2) is 3.98. The van der Waals surface area contributed by atoms with Gasteiger partial charge in [-0.05, 0) is 55.9 Å². The molecule has 104 valence electrons. The summed E-state index contributed by atoms with van der Waals surface area (Å²) in [5.41, 5.74) is 1.23. The van der Waals surface area contributed by atoms with Crippen LogP contribution in [0.5, 0.6) is 5.75 Å². The summed E-state index contributed by atoms with van der Waals surface area (Å²) >= 11 is 0. The third-order valence-corrected chi connectivity index (χ3v) is 5.95. The molecule has 0 radical (unpaired) electrons. The zero-order chi connectivity index (χ0) is 13.1. The van der Waals surface area contributed by atoms with E-state index in [0.29, 0.717) is 6.04 Å². The minimum atomic E-state index is 0.404. The van der Waals surface area contributed by atoms with E-state index in [2.05, 4.69) is 17.5 Å². The molecular weight excluding hydrogens is 238 g/mol. The minimum Gasteiger partial charge on any atom is -0.493 e. The first-order chi connectivity index (χ1) is 9.26. The second-order valence-corrected chi connectivity index (χ2v) is 6.55. The average Bonchev–Trinajstić information content (AvgIpc) is 2.77. The van der Waals surface area contributed by atoms with Crippen LogP contribution in [0, 0.1) is 29.6 Å². The van der Waals surface area contributed by atoms with Crippen molar-refractivity contribution in [3.63, 3.8) is 0 Å². The van der Waals surface area contributed by atoms with Crippen molar-refractivity contribution in [2.24, 2.45) is 36.6 Å². The molecule has 1 N–H and O–H groups in total. The van der Waals surface area contributed by atoms with Crippen molar-refractivity contribution in [3.8, 4) is 5.75 Å². The number of fused-ring (bicyclic) bond motifs is 5. The molecule has 1 aromatic rings. The highest BCUT2D eigenvalue weighted by Gasteiger charge is 2.67. The molecule has 5 atom stereocenters. The maximum atomic E-state index is 5.50. The van der Waals surface area contributed by atoms with Gasteiger partial charge in [-0.3, -0.25) is 4.68 Å². The molecular formula is C15H23N3O. The Morgan fingerprint density at radius 1 is 1.37 bits per heavy atom. The van der Waals surface area contributed by atoms with E-state index < -0.39 is 0 Å². The monoisotopic (exact) mass is 261 g/mol. The lowest BCUT2D eigenvalue weighted by Gasteiger charge is -2.21. The van der Waals surface area contributed by atoms with Gasteiger partial charge in [-0.15, -0.1) is 0 Å². The van der Waals surface area contributed by atoms with E-state index in [9.17, 15) is 0 Å². The second-order valence-electron chi connectivity index (χ2n) is 6.55. The van der Waals surface area contributed by atoms with Crippen LogP contribution in [0.15, 0.2) is 6.20 Å². The van der Waals surface area contributed by atoms with Gasteiger partial charge < -0.3 is 10.1 Å². The number of hydrogen-bond acceptors (Lipinski definition) is 3. The van der Waals surface area contributed by atoms with Crippen molar-refractivity contribution in [2.75, 3.05) is 14.2 Å². The van der Waals surface area contributed by atoms with Gasteiger partial charge in [0, 0.05) is 7.05 Å². The summed E-state index contributed by atoms with van der Waals surface area (Å²) in [5.74, 6) is 5.69. The Balaban J connectivity index is 1.64. The molecule has 1 heterocycles. The van der Waals surface area contributed by atoms with Gasteiger partial charge in [0.05, 0.1) is 25.0 Å². The van der Waals surface area contributed by atoms with E-state index in [0.717, 1.165) is 35.3 Å². The van der Waals surface area contributed by atoms with Crippen molar-refractivity contribution >= 4 is 0 Å². The molecule has 4 rings (SSSR count). The molecule has 5 unspecified atom stereocenters. The maximum absolute atomic E-state index is 5.50. The van der Waals surface area contributed by atoms with E-state index in [1.165, 1.54) is 25.0 Å². The molecule has 3 fully saturated rings. The number of aryl methyl sites for hydroxylation is 1. The fraction of sp³-hybridized carbons (Fsp3) is 0.800. The number of aromatic nitrogens is 2. The van der Waals surface area contributed by atoms with Gasteiger partial charge in [0.25, 0.3) is 0 Å². The molecule has 4 nitrogen and oxygen atoms in total. The molecule has 3 saturated carbocycles. The first-order valence-electron chi connectivity index (χ1n) is 7.49.